The Hall–Kier alpha value is -1.09. The predicted molar refractivity (Wildman–Crippen MR) is 42.4 cm³/mol. The monoisotopic (exact) mass is 153 g/mol. The maximum atomic E-state index is 10.6. The lowest BCUT2D eigenvalue weighted by molar-refractivity contribution is 0.173. The number of hydrogen-bond donors (Lipinski definition) is 1. The fraction of sp³-hybridized carbons (Fsp3) is 0.375. The van der Waals surface area contributed by atoms with E-state index in [-0.39, 0.29) is 11.5 Å². The molecule has 3 heteroatoms. The average Bonchev–Trinajstić information content (AvgIpc) is 1.93. The molecule has 1 aromatic heterocycles. The highest BCUT2D eigenvalue weighted by molar-refractivity contribution is 4.93. The van der Waals surface area contributed by atoms with E-state index in [0.29, 0.717) is 6.54 Å². The highest BCUT2D eigenvalue weighted by Crippen LogP contribution is 1.88. The molecule has 11 heavy (non-hydrogen) atoms. The number of aliphatic hydroxyl groups excluding tert-OH is 1. The van der Waals surface area contributed by atoms with Crippen molar-refractivity contribution >= 4 is 0 Å². The first-order valence-corrected chi connectivity index (χ1v) is 3.52. The zero-order valence-corrected chi connectivity index (χ0v) is 6.40. The fourth-order valence-corrected chi connectivity index (χ4v) is 0.870. The van der Waals surface area contributed by atoms with Gasteiger partial charge in [0.25, 0.3) is 0 Å². The minimum atomic E-state index is -0.377. The van der Waals surface area contributed by atoms with E-state index in [4.69, 9.17) is 5.11 Å². The van der Waals surface area contributed by atoms with Crippen LogP contribution in [0.1, 0.15) is 6.92 Å². The van der Waals surface area contributed by atoms with Crippen molar-refractivity contribution in [2.45, 2.75) is 19.6 Å². The molecular weight excluding hydrogens is 142 g/mol. The molecule has 0 aromatic carbocycles. The van der Waals surface area contributed by atoms with Crippen LogP contribution in [0.3, 0.4) is 0 Å². The molecule has 1 N–H and O–H groups in total. The SMILES string of the molecule is CC(O)Cn1ccc(=O)cc1. The van der Waals surface area contributed by atoms with Crippen LogP contribution in [0.2, 0.25) is 0 Å². The summed E-state index contributed by atoms with van der Waals surface area (Å²) in [4.78, 5) is 10.6. The van der Waals surface area contributed by atoms with Gasteiger partial charge in [-0.3, -0.25) is 4.79 Å². The normalized spacial score (nSPS) is 12.9. The van der Waals surface area contributed by atoms with Gasteiger partial charge in [-0.1, -0.05) is 0 Å². The van der Waals surface area contributed by atoms with Crippen LogP contribution in [-0.4, -0.2) is 15.8 Å². The lowest BCUT2D eigenvalue weighted by Gasteiger charge is -2.06. The summed E-state index contributed by atoms with van der Waals surface area (Å²) in [5.41, 5.74) is -0.00755. The minimum absolute atomic E-state index is 0.00755. The van der Waals surface area contributed by atoms with E-state index in [2.05, 4.69) is 0 Å². The first-order valence-electron chi connectivity index (χ1n) is 3.52. The number of rotatable bonds is 2. The second kappa shape index (κ2) is 3.34. The highest BCUT2D eigenvalue weighted by Gasteiger charge is 1.94. The van der Waals surface area contributed by atoms with Gasteiger partial charge in [0.15, 0.2) is 5.43 Å². The van der Waals surface area contributed by atoms with Gasteiger partial charge in [0.1, 0.15) is 0 Å². The van der Waals surface area contributed by atoms with Gasteiger partial charge in [-0.25, -0.2) is 0 Å². The fourth-order valence-electron chi connectivity index (χ4n) is 0.870. The van der Waals surface area contributed by atoms with Crippen LogP contribution in [0.5, 0.6) is 0 Å². The third-order valence-electron chi connectivity index (χ3n) is 1.34. The third kappa shape index (κ3) is 2.55. The van der Waals surface area contributed by atoms with E-state index in [1.807, 2.05) is 0 Å². The molecule has 1 unspecified atom stereocenters. The van der Waals surface area contributed by atoms with Gasteiger partial charge in [-0.2, -0.15) is 0 Å². The Bertz CT molecular complexity index is 257. The molecule has 1 aromatic rings. The van der Waals surface area contributed by atoms with Gasteiger partial charge in [0.05, 0.1) is 6.10 Å². The molecule has 0 saturated heterocycles. The first-order chi connectivity index (χ1) is 5.18. The Morgan fingerprint density at radius 2 is 2.09 bits per heavy atom. The Balaban J connectivity index is 2.74. The lowest BCUT2D eigenvalue weighted by Crippen LogP contribution is -2.12. The van der Waals surface area contributed by atoms with Gasteiger partial charge in [0.2, 0.25) is 0 Å². The maximum absolute atomic E-state index is 10.6. The van der Waals surface area contributed by atoms with Crippen molar-refractivity contribution in [2.24, 2.45) is 0 Å². The summed E-state index contributed by atoms with van der Waals surface area (Å²) in [7, 11) is 0. The minimum Gasteiger partial charge on any atom is -0.392 e. The Morgan fingerprint density at radius 1 is 1.55 bits per heavy atom. The van der Waals surface area contributed by atoms with Gasteiger partial charge >= 0.3 is 0 Å². The molecule has 0 spiro atoms. The van der Waals surface area contributed by atoms with Crippen LogP contribution in [-0.2, 0) is 6.54 Å². The quantitative estimate of drug-likeness (QED) is 0.660. The van der Waals surface area contributed by atoms with E-state index >= 15 is 0 Å². The Labute approximate surface area is 64.9 Å². The summed E-state index contributed by atoms with van der Waals surface area (Å²) in [5.74, 6) is 0. The largest absolute Gasteiger partial charge is 0.392 e. The van der Waals surface area contributed by atoms with E-state index in [9.17, 15) is 4.79 Å². The van der Waals surface area contributed by atoms with Crippen LogP contribution < -0.4 is 5.43 Å². The molecule has 0 aliphatic heterocycles. The Kier molecular flexibility index (Phi) is 2.44. The number of aromatic nitrogens is 1. The van der Waals surface area contributed by atoms with Gasteiger partial charge in [-0.05, 0) is 6.92 Å². The second-order valence-corrected chi connectivity index (χ2v) is 2.58. The number of nitrogens with zero attached hydrogens (tertiary/aromatic N) is 1. The predicted octanol–water partition coefficient (Wildman–Crippen LogP) is 0.229. The van der Waals surface area contributed by atoms with Crippen LogP contribution in [0.15, 0.2) is 29.3 Å². The molecule has 3 nitrogen and oxygen atoms in total. The first kappa shape index (κ1) is 8.01. The van der Waals surface area contributed by atoms with Crippen molar-refractivity contribution in [1.29, 1.82) is 0 Å². The van der Waals surface area contributed by atoms with Gasteiger partial charge in [-0.15, -0.1) is 0 Å². The summed E-state index contributed by atoms with van der Waals surface area (Å²) in [6.07, 6.45) is 2.95. The van der Waals surface area contributed by atoms with Crippen molar-refractivity contribution in [2.75, 3.05) is 0 Å². The molecule has 1 heterocycles. The van der Waals surface area contributed by atoms with Gasteiger partial charge in [0, 0.05) is 31.1 Å². The number of aliphatic hydroxyl groups is 1. The molecular formula is C8H11NO2. The van der Waals surface area contributed by atoms with E-state index in [0.717, 1.165) is 0 Å². The van der Waals surface area contributed by atoms with Crippen molar-refractivity contribution in [3.63, 3.8) is 0 Å². The second-order valence-electron chi connectivity index (χ2n) is 2.58. The molecule has 0 bridgehead atoms. The third-order valence-corrected chi connectivity index (χ3v) is 1.34. The highest BCUT2D eigenvalue weighted by atomic mass is 16.3. The summed E-state index contributed by atoms with van der Waals surface area (Å²) < 4.78 is 1.77. The van der Waals surface area contributed by atoms with Gasteiger partial charge < -0.3 is 9.67 Å². The average molecular weight is 153 g/mol. The lowest BCUT2D eigenvalue weighted by atomic mass is 10.4. The van der Waals surface area contributed by atoms with Crippen molar-refractivity contribution in [3.05, 3.63) is 34.7 Å². The molecule has 0 fully saturated rings. The number of hydrogen-bond acceptors (Lipinski definition) is 2. The molecule has 0 saturated carbocycles. The van der Waals surface area contributed by atoms with Crippen molar-refractivity contribution in [3.8, 4) is 0 Å². The zero-order valence-electron chi connectivity index (χ0n) is 6.40. The molecule has 0 amide bonds. The molecule has 60 valence electrons. The molecule has 1 atom stereocenters. The Morgan fingerprint density at radius 3 is 2.55 bits per heavy atom. The van der Waals surface area contributed by atoms with E-state index in [1.165, 1.54) is 12.1 Å². The molecule has 0 aliphatic carbocycles. The van der Waals surface area contributed by atoms with Crippen molar-refractivity contribution in [1.82, 2.24) is 4.57 Å². The maximum Gasteiger partial charge on any atom is 0.181 e. The van der Waals surface area contributed by atoms with E-state index in [1.54, 1.807) is 23.9 Å². The molecule has 0 radical (unpaired) electrons. The summed E-state index contributed by atoms with van der Waals surface area (Å²) in [6.45, 7) is 2.23. The topological polar surface area (TPSA) is 42.2 Å². The van der Waals surface area contributed by atoms with Crippen molar-refractivity contribution < 1.29 is 5.11 Å². The summed E-state index contributed by atoms with van der Waals surface area (Å²) in [5, 5.41) is 8.98. The van der Waals surface area contributed by atoms with Crippen LogP contribution in [0, 0.1) is 0 Å². The van der Waals surface area contributed by atoms with Crippen LogP contribution in [0.4, 0.5) is 0 Å². The van der Waals surface area contributed by atoms with E-state index < -0.39 is 0 Å². The molecule has 1 rings (SSSR count). The smallest absolute Gasteiger partial charge is 0.181 e. The molecule has 0 aliphatic rings. The zero-order chi connectivity index (χ0) is 8.27. The number of pyridine rings is 1. The standard InChI is InChI=1S/C8H11NO2/c1-7(10)6-9-4-2-8(11)3-5-9/h2-5,7,10H,6H2,1H3. The summed E-state index contributed by atoms with van der Waals surface area (Å²) >= 11 is 0. The summed E-state index contributed by atoms with van der Waals surface area (Å²) in [6, 6.07) is 2.95. The van der Waals surface area contributed by atoms with Crippen LogP contribution >= 0.6 is 0 Å². The van der Waals surface area contributed by atoms with Crippen LogP contribution in [0.25, 0.3) is 0 Å².